The Hall–Kier alpha value is -1.18. The third-order valence-electron chi connectivity index (χ3n) is 1.61. The van der Waals surface area contributed by atoms with Gasteiger partial charge < -0.3 is 10.2 Å². The third kappa shape index (κ3) is 0.499. The van der Waals surface area contributed by atoms with Crippen molar-refractivity contribution in [2.24, 2.45) is 0 Å². The van der Waals surface area contributed by atoms with Gasteiger partial charge in [0, 0.05) is 17.5 Å². The molecule has 2 rings (SSSR count). The van der Waals surface area contributed by atoms with E-state index < -0.39 is 0 Å². The zero-order valence-electron chi connectivity index (χ0n) is 4.76. The molecule has 0 amide bonds. The highest BCUT2D eigenvalue weighted by Gasteiger charge is 2.24. The van der Waals surface area contributed by atoms with Crippen molar-refractivity contribution in [1.29, 1.82) is 0 Å². The predicted octanol–water partition coefficient (Wildman–Crippen LogP) is 1.00. The van der Waals surface area contributed by atoms with Crippen molar-refractivity contribution in [2.75, 3.05) is 0 Å². The van der Waals surface area contributed by atoms with E-state index in [1.807, 2.05) is 0 Å². The maximum absolute atomic E-state index is 8.98. The van der Waals surface area contributed by atoms with E-state index in [2.05, 4.69) is 0 Å². The van der Waals surface area contributed by atoms with E-state index in [4.69, 9.17) is 10.2 Å². The molecule has 0 spiro atoms. The van der Waals surface area contributed by atoms with E-state index >= 15 is 0 Å². The number of fused-ring (bicyclic) bond motifs is 1. The molecular formula is C7H6O2. The number of rotatable bonds is 0. The fourth-order valence-corrected chi connectivity index (χ4v) is 0.982. The summed E-state index contributed by atoms with van der Waals surface area (Å²) in [6.07, 6.45) is 0.755. The second kappa shape index (κ2) is 1.21. The van der Waals surface area contributed by atoms with Crippen LogP contribution in [0.1, 0.15) is 11.1 Å². The minimum Gasteiger partial charge on any atom is -0.508 e. The number of phenolic OH excluding ortho intramolecular Hbond substituents is 2. The second-order valence-electron chi connectivity index (χ2n) is 2.24. The lowest BCUT2D eigenvalue weighted by Gasteiger charge is -1.88. The summed E-state index contributed by atoms with van der Waals surface area (Å²) >= 11 is 0. The molecule has 0 unspecified atom stereocenters. The van der Waals surface area contributed by atoms with Gasteiger partial charge in [-0.1, -0.05) is 0 Å². The van der Waals surface area contributed by atoms with Crippen LogP contribution in [0.3, 0.4) is 0 Å². The molecule has 0 saturated heterocycles. The summed E-state index contributed by atoms with van der Waals surface area (Å²) in [5.74, 6) is 0.616. The zero-order chi connectivity index (χ0) is 6.43. The molecule has 0 aromatic heterocycles. The quantitative estimate of drug-likeness (QED) is 0.512. The summed E-state index contributed by atoms with van der Waals surface area (Å²) < 4.78 is 0. The molecule has 1 aliphatic carbocycles. The molecule has 2 heteroatoms. The van der Waals surface area contributed by atoms with Gasteiger partial charge in [-0.05, 0) is 12.1 Å². The average Bonchev–Trinajstić information content (AvgIpc) is 2.57. The molecule has 0 heterocycles. The minimum atomic E-state index is 0.308. The number of phenols is 2. The van der Waals surface area contributed by atoms with Gasteiger partial charge >= 0.3 is 0 Å². The first-order valence-corrected chi connectivity index (χ1v) is 2.82. The molecule has 0 radical (unpaired) electrons. The van der Waals surface area contributed by atoms with Crippen LogP contribution in [0.25, 0.3) is 0 Å². The molecule has 1 aliphatic rings. The fraction of sp³-hybridized carbons (Fsp3) is 0.143. The molecule has 1 aromatic rings. The number of aromatic hydroxyl groups is 2. The standard InChI is InChI=1S/C7H6O2/c8-6-1-2-7(9)5-3-4(5)6/h1-2,8-9H,3H2. The molecule has 0 atom stereocenters. The van der Waals surface area contributed by atoms with E-state index in [9.17, 15) is 0 Å². The topological polar surface area (TPSA) is 40.5 Å². The Morgan fingerprint density at radius 1 is 1.00 bits per heavy atom. The van der Waals surface area contributed by atoms with Gasteiger partial charge in [-0.15, -0.1) is 0 Å². The summed E-state index contributed by atoms with van der Waals surface area (Å²) in [5, 5.41) is 18.0. The molecule has 0 saturated carbocycles. The predicted molar refractivity (Wildman–Crippen MR) is 32.6 cm³/mol. The summed E-state index contributed by atoms with van der Waals surface area (Å²) in [7, 11) is 0. The lowest BCUT2D eigenvalue weighted by molar-refractivity contribution is 0.463. The Labute approximate surface area is 52.4 Å². The van der Waals surface area contributed by atoms with Gasteiger partial charge in [-0.3, -0.25) is 0 Å². The van der Waals surface area contributed by atoms with E-state index in [0.717, 1.165) is 17.5 Å². The smallest absolute Gasteiger partial charge is 0.119 e. The van der Waals surface area contributed by atoms with Gasteiger partial charge in [0.1, 0.15) is 11.5 Å². The Bertz CT molecular complexity index is 239. The molecular weight excluding hydrogens is 116 g/mol. The van der Waals surface area contributed by atoms with Crippen molar-refractivity contribution in [3.8, 4) is 11.5 Å². The fourth-order valence-electron chi connectivity index (χ4n) is 0.982. The monoisotopic (exact) mass is 122 g/mol. The van der Waals surface area contributed by atoms with Gasteiger partial charge in [-0.2, -0.15) is 0 Å². The van der Waals surface area contributed by atoms with Crippen molar-refractivity contribution in [3.63, 3.8) is 0 Å². The Balaban J connectivity index is 2.68. The summed E-state index contributed by atoms with van der Waals surface area (Å²) in [4.78, 5) is 0. The average molecular weight is 122 g/mol. The van der Waals surface area contributed by atoms with Gasteiger partial charge in [0.05, 0.1) is 0 Å². The number of benzene rings is 1. The van der Waals surface area contributed by atoms with E-state index in [1.54, 1.807) is 0 Å². The molecule has 46 valence electrons. The lowest BCUT2D eigenvalue weighted by atomic mass is 10.3. The van der Waals surface area contributed by atoms with E-state index in [0.29, 0.717) is 11.5 Å². The Morgan fingerprint density at radius 2 is 1.44 bits per heavy atom. The highest BCUT2D eigenvalue weighted by molar-refractivity contribution is 5.60. The highest BCUT2D eigenvalue weighted by atomic mass is 16.3. The summed E-state index contributed by atoms with van der Waals surface area (Å²) in [5.41, 5.74) is 1.80. The van der Waals surface area contributed by atoms with Crippen molar-refractivity contribution in [2.45, 2.75) is 6.42 Å². The summed E-state index contributed by atoms with van der Waals surface area (Å²) in [6, 6.07) is 3.03. The van der Waals surface area contributed by atoms with Crippen molar-refractivity contribution in [1.82, 2.24) is 0 Å². The maximum atomic E-state index is 8.98. The number of hydrogen-bond acceptors (Lipinski definition) is 2. The Morgan fingerprint density at radius 3 is 1.89 bits per heavy atom. The minimum absolute atomic E-state index is 0.308. The molecule has 0 aliphatic heterocycles. The first-order valence-electron chi connectivity index (χ1n) is 2.82. The first-order chi connectivity index (χ1) is 4.29. The lowest BCUT2D eigenvalue weighted by Crippen LogP contribution is -1.62. The van der Waals surface area contributed by atoms with Crippen LogP contribution in [0.4, 0.5) is 0 Å². The third-order valence-corrected chi connectivity index (χ3v) is 1.61. The molecule has 2 N–H and O–H groups in total. The van der Waals surface area contributed by atoms with Crippen LogP contribution in [0.2, 0.25) is 0 Å². The normalized spacial score (nSPS) is 12.9. The highest BCUT2D eigenvalue weighted by Crippen LogP contribution is 2.41. The molecule has 1 aromatic carbocycles. The van der Waals surface area contributed by atoms with Crippen molar-refractivity contribution < 1.29 is 10.2 Å². The summed E-state index contributed by atoms with van der Waals surface area (Å²) in [6.45, 7) is 0. The van der Waals surface area contributed by atoms with E-state index in [-0.39, 0.29) is 0 Å². The van der Waals surface area contributed by atoms with Gasteiger partial charge in [0.2, 0.25) is 0 Å². The van der Waals surface area contributed by atoms with Crippen LogP contribution in [-0.4, -0.2) is 10.2 Å². The van der Waals surface area contributed by atoms with Crippen LogP contribution in [0.15, 0.2) is 12.1 Å². The largest absolute Gasteiger partial charge is 0.508 e. The van der Waals surface area contributed by atoms with E-state index in [1.165, 1.54) is 12.1 Å². The van der Waals surface area contributed by atoms with Crippen LogP contribution < -0.4 is 0 Å². The zero-order valence-corrected chi connectivity index (χ0v) is 4.76. The van der Waals surface area contributed by atoms with Gasteiger partial charge in [-0.25, -0.2) is 0 Å². The molecule has 0 bridgehead atoms. The molecule has 0 fully saturated rings. The first kappa shape index (κ1) is 4.68. The van der Waals surface area contributed by atoms with Gasteiger partial charge in [0.15, 0.2) is 0 Å². The van der Waals surface area contributed by atoms with Crippen molar-refractivity contribution >= 4 is 0 Å². The van der Waals surface area contributed by atoms with Crippen LogP contribution in [0, 0.1) is 0 Å². The van der Waals surface area contributed by atoms with Crippen LogP contribution in [-0.2, 0) is 6.42 Å². The van der Waals surface area contributed by atoms with Crippen molar-refractivity contribution in [3.05, 3.63) is 23.3 Å². The van der Waals surface area contributed by atoms with Crippen LogP contribution in [0.5, 0.6) is 11.5 Å². The Kier molecular flexibility index (Phi) is 0.628. The SMILES string of the molecule is Oc1ccc(O)c2c1C2. The second-order valence-corrected chi connectivity index (χ2v) is 2.24. The molecule has 2 nitrogen and oxygen atoms in total. The van der Waals surface area contributed by atoms with Crippen LogP contribution >= 0.6 is 0 Å². The molecule has 9 heavy (non-hydrogen) atoms. The van der Waals surface area contributed by atoms with Gasteiger partial charge in [0.25, 0.3) is 0 Å². The maximum Gasteiger partial charge on any atom is 0.119 e. The number of hydrogen-bond donors (Lipinski definition) is 2.